The summed E-state index contributed by atoms with van der Waals surface area (Å²) in [5.41, 5.74) is 13.8. The average Bonchev–Trinajstić information content (AvgIpc) is 3.22. The van der Waals surface area contributed by atoms with Gasteiger partial charge in [-0.2, -0.15) is 0 Å². The fourth-order valence-electron chi connectivity index (χ4n) is 9.40. The second-order valence-corrected chi connectivity index (χ2v) is 25.7. The van der Waals surface area contributed by atoms with Crippen LogP contribution in [0.4, 0.5) is 0 Å². The van der Waals surface area contributed by atoms with E-state index in [1.165, 1.54) is 0 Å². The smallest absolute Gasteiger partial charge is 0.291 e. The van der Waals surface area contributed by atoms with E-state index in [-0.39, 0.29) is 49.8 Å². The number of ketones is 1. The molecule has 0 spiro atoms. The summed E-state index contributed by atoms with van der Waals surface area (Å²) in [5.74, 6) is 15.5. The van der Waals surface area contributed by atoms with Crippen molar-refractivity contribution < 1.29 is 15.0 Å². The van der Waals surface area contributed by atoms with Gasteiger partial charge in [0.1, 0.15) is 11.5 Å². The largest absolute Gasteiger partial charge is 0.872 e. The summed E-state index contributed by atoms with van der Waals surface area (Å²) in [7, 11) is 0. The Kier molecular flexibility index (Phi) is 13.0. The zero-order valence-corrected chi connectivity index (χ0v) is 44.8. The number of rotatable bonds is 3. The van der Waals surface area contributed by atoms with E-state index in [9.17, 15) is 15.0 Å². The van der Waals surface area contributed by atoms with Crippen molar-refractivity contribution in [2.75, 3.05) is 0 Å². The Hall–Kier alpha value is -6.16. The van der Waals surface area contributed by atoms with Gasteiger partial charge in [0.2, 0.25) is 0 Å². The number of hydrogen-bond donors (Lipinski definition) is 0. The molecule has 0 fully saturated rings. The van der Waals surface area contributed by atoms with Crippen molar-refractivity contribution in [3.8, 4) is 57.4 Å². The highest BCUT2D eigenvalue weighted by Crippen LogP contribution is 2.46. The molecule has 3 heteroatoms. The first-order valence-electron chi connectivity index (χ1n) is 24.7. The summed E-state index contributed by atoms with van der Waals surface area (Å²) in [4.78, 5) is 14.0. The predicted molar refractivity (Wildman–Crippen MR) is 287 cm³/mol. The highest BCUT2D eigenvalue weighted by atomic mass is 16.3. The Morgan fingerprint density at radius 1 is 0.449 bits per heavy atom. The second kappa shape index (κ2) is 17.7. The maximum absolute atomic E-state index is 14.0. The van der Waals surface area contributed by atoms with Crippen LogP contribution in [0.5, 0.6) is 11.5 Å². The van der Waals surface area contributed by atoms with E-state index in [0.717, 1.165) is 113 Å². The van der Waals surface area contributed by atoms with Gasteiger partial charge in [-0.1, -0.05) is 137 Å². The summed E-state index contributed by atoms with van der Waals surface area (Å²) in [6.45, 7) is 37.9. The summed E-state index contributed by atoms with van der Waals surface area (Å²) in [6, 6.07) is 27.8. The minimum Gasteiger partial charge on any atom is -0.872 e. The van der Waals surface area contributed by atoms with Gasteiger partial charge in [0.25, 0.3) is 5.78 Å². The minimum atomic E-state index is -0.344. The molecule has 5 aromatic carbocycles. The summed E-state index contributed by atoms with van der Waals surface area (Å²) in [5, 5.41) is 27.9. The quantitative estimate of drug-likeness (QED) is 0.134. The number of aryl methyl sites for hydroxylation is 2. The highest BCUT2D eigenvalue weighted by molar-refractivity contribution is 6.14. The van der Waals surface area contributed by atoms with Crippen molar-refractivity contribution in [3.05, 3.63) is 164 Å². The Labute approximate surface area is 415 Å². The molecule has 0 saturated heterocycles. The first kappa shape index (κ1) is 50.7. The van der Waals surface area contributed by atoms with Crippen LogP contribution in [0.1, 0.15) is 186 Å². The third-order valence-corrected chi connectivity index (χ3v) is 13.7. The molecule has 0 bridgehead atoms. The monoisotopic (exact) mass is 914 g/mol. The molecule has 0 aliphatic heterocycles. The lowest BCUT2D eigenvalue weighted by atomic mass is 9.68. The molecule has 0 aromatic heterocycles. The van der Waals surface area contributed by atoms with E-state index in [4.69, 9.17) is 0 Å². The van der Waals surface area contributed by atoms with Crippen LogP contribution in [-0.4, -0.2) is 5.78 Å². The minimum absolute atomic E-state index is 0.103. The fourth-order valence-corrected chi connectivity index (χ4v) is 9.40. The average molecular weight is 914 g/mol. The van der Waals surface area contributed by atoms with E-state index in [0.29, 0.717) is 0 Å². The van der Waals surface area contributed by atoms with Crippen molar-refractivity contribution in [1.82, 2.24) is 0 Å². The highest BCUT2D eigenvalue weighted by Gasteiger charge is 2.45. The van der Waals surface area contributed by atoms with Gasteiger partial charge in [0.15, 0.2) is 5.75 Å². The number of hydrogen-bond acceptors (Lipinski definition) is 2. The molecule has 2 aliphatic carbocycles. The van der Waals surface area contributed by atoms with Gasteiger partial charge < -0.3 is 5.11 Å². The fraction of sp³-hybridized carbons (Fsp3) is 0.394. The standard InChI is InChI=1S/C66H73O3/c1-61(2,3)52-34-49(35-53(58(52)67)62(4,5)6)46-28-22-40-20-26-44-32-48(51-38-56(65(13,14)15)60(69)57(39-51)66(16,17)18)30-24-42(44)21-27-45-33-47(29-23-41(45)19-25-43(40)31-46)50-36-54(63(7,8)9)59(68)55(37-50)64(10,11)12/h22-24,28-39H,19,25H2,1-18H3. The Balaban J connectivity index is 1.46. The van der Waals surface area contributed by atoms with Gasteiger partial charge in [-0.15, -0.1) is 5.75 Å². The predicted octanol–water partition coefficient (Wildman–Crippen LogP) is 15.9. The molecule has 3 nitrogen and oxygen atoms in total. The van der Waals surface area contributed by atoms with Crippen molar-refractivity contribution in [2.24, 2.45) is 10.8 Å². The number of benzene rings is 5. The topological polar surface area (TPSA) is 60.0 Å². The van der Waals surface area contributed by atoms with Gasteiger partial charge in [0.05, 0.1) is 17.7 Å². The molecule has 5 aromatic rings. The molecule has 1 radical (unpaired) electrons. The van der Waals surface area contributed by atoms with Gasteiger partial charge in [-0.25, -0.2) is 0 Å². The molecule has 0 unspecified atom stereocenters. The molecule has 0 amide bonds. The van der Waals surface area contributed by atoms with Gasteiger partial charge in [-0.05, 0) is 169 Å². The van der Waals surface area contributed by atoms with Crippen LogP contribution >= 0.6 is 0 Å². The van der Waals surface area contributed by atoms with Crippen molar-refractivity contribution in [2.45, 2.75) is 159 Å². The molecule has 0 saturated carbocycles. The molecule has 0 atom stereocenters. The first-order valence-corrected chi connectivity index (χ1v) is 24.7. The maximum atomic E-state index is 14.0. The Bertz CT molecular complexity index is 3010. The van der Waals surface area contributed by atoms with Crippen molar-refractivity contribution >= 4 is 11.4 Å². The molecule has 0 heterocycles. The number of carbonyl (C=O) groups excluding carboxylic acids is 1. The summed E-state index contributed by atoms with van der Waals surface area (Å²) < 4.78 is 0. The molecule has 69 heavy (non-hydrogen) atoms. The van der Waals surface area contributed by atoms with Crippen LogP contribution in [0.15, 0.2) is 96.6 Å². The van der Waals surface area contributed by atoms with Crippen LogP contribution in [0.25, 0.3) is 27.8 Å². The van der Waals surface area contributed by atoms with E-state index >= 15 is 0 Å². The zero-order chi connectivity index (χ0) is 51.0. The lowest BCUT2D eigenvalue weighted by Crippen LogP contribution is -2.32. The Morgan fingerprint density at radius 3 is 1.41 bits per heavy atom. The van der Waals surface area contributed by atoms with Gasteiger partial charge in [-0.3, -0.25) is 9.90 Å². The van der Waals surface area contributed by atoms with Crippen LogP contribution in [-0.2, 0) is 44.4 Å². The maximum Gasteiger partial charge on any atom is 0.291 e. The van der Waals surface area contributed by atoms with Crippen molar-refractivity contribution in [1.29, 1.82) is 0 Å². The van der Waals surface area contributed by atoms with E-state index < -0.39 is 0 Å². The normalized spacial score (nSPS) is 14.7. The Morgan fingerprint density at radius 2 is 0.884 bits per heavy atom. The van der Waals surface area contributed by atoms with Crippen LogP contribution in [0, 0.1) is 40.4 Å². The third-order valence-electron chi connectivity index (χ3n) is 13.7. The van der Waals surface area contributed by atoms with Crippen LogP contribution in [0.3, 0.4) is 0 Å². The van der Waals surface area contributed by atoms with Crippen LogP contribution < -0.4 is 5.11 Å². The van der Waals surface area contributed by atoms with E-state index in [1.54, 1.807) is 0 Å². The van der Waals surface area contributed by atoms with Crippen LogP contribution in [0.2, 0.25) is 0 Å². The molecular formula is C66H73O3. The number of allylic oxidation sites excluding steroid dienone is 4. The lowest BCUT2D eigenvalue weighted by Gasteiger charge is -2.34. The zero-order valence-electron chi connectivity index (χ0n) is 44.8. The summed E-state index contributed by atoms with van der Waals surface area (Å²) in [6.07, 6.45) is 5.61. The second-order valence-electron chi connectivity index (χ2n) is 25.7. The molecule has 2 aliphatic rings. The molecule has 355 valence electrons. The number of carbonyl (C=O) groups is 1. The summed E-state index contributed by atoms with van der Waals surface area (Å²) >= 11 is 0. The van der Waals surface area contributed by atoms with Gasteiger partial charge >= 0.3 is 0 Å². The SMILES string of the molecule is CC(C)(C)C1=CC(c2ccc3c(c2)C#Cc2ccc(-c4cc(C(C)(C)C)c([O])c(C(C)(C)C)c4)cc2C#Cc2ccc(-c4cc(C(C)(C)C)c([O-])c(C(C)(C)C)c4)cc2CC3)=C[C+](C(C)(C)C)C1=O. The lowest BCUT2D eigenvalue weighted by molar-refractivity contribution is -0.271. The number of Topliss-reactive ketones (excluding diaryl/α,β-unsaturated/α-hetero) is 1. The molecular weight excluding hydrogens is 841 g/mol. The molecule has 0 N–H and O–H groups in total. The third kappa shape index (κ3) is 10.7. The first-order chi connectivity index (χ1) is 31.7. The van der Waals surface area contributed by atoms with E-state index in [1.807, 2.05) is 0 Å². The van der Waals surface area contributed by atoms with E-state index in [2.05, 4.69) is 239 Å². The number of fused-ring (bicyclic) bond motifs is 3. The van der Waals surface area contributed by atoms with Gasteiger partial charge in [0, 0.05) is 49.8 Å². The van der Waals surface area contributed by atoms with Crippen molar-refractivity contribution in [3.63, 3.8) is 0 Å². The molecule has 7 rings (SSSR count).